The molecule has 140 heavy (non-hydrogen) atoms. The van der Waals surface area contributed by atoms with Gasteiger partial charge >= 0.3 is 11.9 Å². The van der Waals surface area contributed by atoms with E-state index in [-0.39, 0.29) is 112 Å². The maximum atomic E-state index is 14.4. The topological polar surface area (TPSA) is 374 Å². The molecule has 2 amide bonds. The fourth-order valence-corrected chi connectivity index (χ4v) is 19.5. The van der Waals surface area contributed by atoms with Gasteiger partial charge < -0.3 is 87.8 Å². The number of ether oxygens (including phenoxy) is 10. The maximum absolute atomic E-state index is 14.4. The van der Waals surface area contributed by atoms with Crippen LogP contribution in [0, 0.1) is 65.1 Å². The fraction of sp³-hybridized carbons (Fsp3) is 0.814. The predicted molar refractivity (Wildman–Crippen MR) is 560 cm³/mol. The Hall–Kier alpha value is -5.89. The molecule has 0 aromatic carbocycles. The summed E-state index contributed by atoms with van der Waals surface area (Å²) in [7, 11) is 9.15. The fourth-order valence-electron chi connectivity index (χ4n) is 19.5. The van der Waals surface area contributed by atoms with Crippen LogP contribution < -0.4 is 0 Å². The molecule has 0 spiro atoms. The number of carbonyl (C=O) groups excluding carboxylic acids is 9. The highest BCUT2D eigenvalue weighted by Crippen LogP contribution is 2.43. The average molecular weight is 1990 g/mol. The van der Waals surface area contributed by atoms with Crippen molar-refractivity contribution in [3.05, 3.63) is 70.9 Å². The molecule has 2 aliphatic carbocycles. The maximum Gasteiger partial charge on any atom is 0.329 e. The minimum absolute atomic E-state index is 0. The van der Waals surface area contributed by atoms with E-state index in [1.807, 2.05) is 174 Å². The van der Waals surface area contributed by atoms with Crippen molar-refractivity contribution in [1.82, 2.24) is 9.80 Å². The number of carbonyl (C=O) groups is 9. The molecule has 0 aromatic rings. The van der Waals surface area contributed by atoms with Gasteiger partial charge in [0.15, 0.2) is 5.78 Å². The first-order chi connectivity index (χ1) is 66.1. The highest BCUT2D eigenvalue weighted by molar-refractivity contribution is 6.39. The van der Waals surface area contributed by atoms with Gasteiger partial charge in [0.25, 0.3) is 23.4 Å². The van der Waals surface area contributed by atoms with E-state index in [1.165, 1.54) is 44.0 Å². The van der Waals surface area contributed by atoms with Crippen molar-refractivity contribution >= 4 is 52.7 Å². The number of allylic oxidation sites excluding steroid dienone is 9. The molecule has 816 valence electrons. The lowest BCUT2D eigenvalue weighted by Crippen LogP contribution is -2.64. The number of methoxy groups -OCH3 is 6. The van der Waals surface area contributed by atoms with Crippen molar-refractivity contribution in [2.75, 3.05) is 55.7 Å². The van der Waals surface area contributed by atoms with Crippen molar-refractivity contribution in [2.24, 2.45) is 65.1 Å². The monoisotopic (exact) mass is 1990 g/mol. The minimum atomic E-state index is -2.50. The molecule has 0 radical (unpaired) electrons. The predicted octanol–water partition coefficient (Wildman–Crippen LogP) is 20.3. The van der Waals surface area contributed by atoms with Gasteiger partial charge in [0.05, 0.1) is 54.9 Å². The van der Waals surface area contributed by atoms with Crippen LogP contribution in [0.15, 0.2) is 70.9 Å². The normalized spacial score (nSPS) is 35.9. The Morgan fingerprint density at radius 3 is 1.52 bits per heavy atom. The Kier molecular flexibility index (Phi) is 73.1. The summed E-state index contributed by atoms with van der Waals surface area (Å²) in [4.78, 5) is 129. The van der Waals surface area contributed by atoms with Crippen molar-refractivity contribution in [2.45, 2.75) is 478 Å². The number of cyclic esters (lactones) is 2. The molecule has 29 atom stereocenters. The summed E-state index contributed by atoms with van der Waals surface area (Å²) in [6, 6.07) is -2.27. The van der Waals surface area contributed by atoms with Gasteiger partial charge in [-0.05, 0) is 202 Å². The van der Waals surface area contributed by atoms with Gasteiger partial charge in [0.2, 0.25) is 11.6 Å². The van der Waals surface area contributed by atoms with E-state index < -0.39 is 168 Å². The van der Waals surface area contributed by atoms with Crippen molar-refractivity contribution < 1.29 is 121 Å². The first kappa shape index (κ1) is 138. The molecule has 4 bridgehead atoms. The van der Waals surface area contributed by atoms with Gasteiger partial charge in [0, 0.05) is 111 Å². The molecule has 4 saturated heterocycles. The van der Waals surface area contributed by atoms with Crippen molar-refractivity contribution in [1.29, 1.82) is 0 Å². The van der Waals surface area contributed by atoms with Crippen LogP contribution in [-0.4, -0.2) is 258 Å². The zero-order valence-electron chi connectivity index (χ0n) is 93.1. The number of Topliss-reactive ketones (excluding diaryl/α,β-unsaturated/α-hetero) is 5. The molecule has 6 heterocycles. The smallest absolute Gasteiger partial charge is 0.329 e. The summed E-state index contributed by atoms with van der Waals surface area (Å²) in [6.45, 7) is 56.5. The van der Waals surface area contributed by atoms with Crippen LogP contribution in [0.2, 0.25) is 0 Å². The largest absolute Gasteiger partial charge is 0.460 e. The third-order valence-corrected chi connectivity index (χ3v) is 27.4. The lowest BCUT2D eigenvalue weighted by atomic mass is 9.78. The van der Waals surface area contributed by atoms with Gasteiger partial charge in [-0.3, -0.25) is 33.6 Å². The number of fused-ring (bicyclic) bond motifs is 6. The van der Waals surface area contributed by atoms with Crippen LogP contribution in [0.4, 0.5) is 0 Å². The van der Waals surface area contributed by atoms with E-state index in [0.717, 1.165) is 17.6 Å². The number of aliphatic hydroxyl groups is 6. The number of piperidine rings is 2. The Morgan fingerprint density at radius 2 is 1.01 bits per heavy atom. The molecule has 0 aromatic heterocycles. The van der Waals surface area contributed by atoms with Crippen LogP contribution in [0.5, 0.6) is 0 Å². The number of hydrogen-bond acceptors (Lipinski definition) is 25. The zero-order valence-corrected chi connectivity index (χ0v) is 93.1. The van der Waals surface area contributed by atoms with Crippen LogP contribution in [0.3, 0.4) is 0 Å². The SMILES string of the molecule is C.CC.CC.CC.CC.CC.CC.CCC.CCC.CC[C@@H]1/C=C(\C)C[C@H](C)C[C@H](OC)[C@H]2O[C@@](O)(C(=O)C(=O)N3CCCC[C@H]3C(=O)O[C@H](/C(C)=C/[C@@H]3CC[C@@H](O)[C@H](OC)C3)[C@H](C)[C@@H](O)CC1=O)[C@H](C)C[C@@H]2OC.CO[C@H]1C[C@@H]2CC[C@@H](C)[C@@](O)(O2)C(=O)C(=O)N2CCCC[C@H]2C(=O)O[C@H]([C@H](C)C[C@@H]2CC[C@@H](O)[C@H](OC)C2)CC(=O)[C@H](C)/C=C(\C)[C@@H](O)[C@@H](OC)C(=O)[C@H](C)C[C@H](C)/C=C/C=C/C=C/1C. The summed E-state index contributed by atoms with van der Waals surface area (Å²) in [5.74, 6) is -15.5. The van der Waals surface area contributed by atoms with Crippen molar-refractivity contribution in [3.63, 3.8) is 0 Å². The molecular weight excluding hydrogens is 1790 g/mol. The van der Waals surface area contributed by atoms with Gasteiger partial charge in [-0.25, -0.2) is 9.59 Å². The third kappa shape index (κ3) is 42.5. The van der Waals surface area contributed by atoms with Crippen LogP contribution in [0.1, 0.15) is 369 Å². The van der Waals surface area contributed by atoms with E-state index in [9.17, 15) is 73.8 Å². The molecule has 8 aliphatic rings. The minimum Gasteiger partial charge on any atom is -0.460 e. The molecule has 6 fully saturated rings. The highest BCUT2D eigenvalue weighted by atomic mass is 16.7. The van der Waals surface area contributed by atoms with Gasteiger partial charge in [0.1, 0.15) is 54.2 Å². The van der Waals surface area contributed by atoms with E-state index >= 15 is 0 Å². The molecule has 27 heteroatoms. The van der Waals surface area contributed by atoms with Crippen LogP contribution in [0.25, 0.3) is 0 Å². The number of hydrogen-bond donors (Lipinski definition) is 6. The van der Waals surface area contributed by atoms with E-state index in [0.29, 0.717) is 120 Å². The lowest BCUT2D eigenvalue weighted by molar-refractivity contribution is -0.302. The van der Waals surface area contributed by atoms with Crippen molar-refractivity contribution in [3.8, 4) is 0 Å². The molecule has 0 unspecified atom stereocenters. The first-order valence-corrected chi connectivity index (χ1v) is 53.5. The number of amides is 2. The molecule has 8 rings (SSSR count). The third-order valence-electron chi connectivity index (χ3n) is 27.4. The Morgan fingerprint density at radius 1 is 0.514 bits per heavy atom. The Labute approximate surface area is 848 Å². The van der Waals surface area contributed by atoms with Gasteiger partial charge in [-0.1, -0.05) is 248 Å². The molecule has 6 aliphatic heterocycles. The number of nitrogens with zero attached hydrogens (tertiary/aromatic N) is 2. The van der Waals surface area contributed by atoms with E-state index in [2.05, 4.69) is 34.6 Å². The second kappa shape index (κ2) is 74.1. The standard InChI is InChI=1S/C51H79NO13.C43H69NO12.2C3H8.6C2H6.CH4/c1-30-16-12-11-13-17-31(2)42(61-8)28-38-21-19-36(7)51(60,65-38)48(57)49(58)52-23-15-14-18-39(52)50(59)64-43(33(4)26-37-20-22-40(53)44(27-37)62-9)29-41(54)32(3)25-35(6)46(56)47(63-10)45(55)34(5)24-30;1-10-30-18-24(2)17-25(3)19-36(53-8)39-37(54-9)21-27(5)43(51,56-39)40(48)41(49)44-16-12-11-13-31(44)42(50)55-38(28(6)33(46)23-34(30)47)26(4)20-29-14-15-32(45)35(22-29)52-7;2*1-3-2;6*1-2;/h11-13,16-17,25,30,32-34,36-40,42-44,46-47,53,56,60H,14-15,18-24,26-29H2,1-10H3;18,20,25,27-33,35-39,45-46,51H,10-17,19,21-23H2,1-9H3;2*3H2,1-2H3;6*1-2H3;1H4/b13-11+,16-12+,31-17+,35-25+;24-18+,26-20+;;;;;;;;;/t30-,32-,33-,34-,36-,37+,38+,39+,40-,42+,43+,44-,46-,47+,51-;25-,27+,28+,29-,30+,31-,32+,33-,35+,36-,37-,38+,39+,43+;;;;;;;;;/m10........./s1. The second-order valence-electron chi connectivity index (χ2n) is 38.2. The van der Waals surface area contributed by atoms with E-state index in [1.54, 1.807) is 62.0 Å². The molecule has 6 N–H and O–H groups in total. The summed E-state index contributed by atoms with van der Waals surface area (Å²) < 4.78 is 59.1. The number of aliphatic hydroxyl groups excluding tert-OH is 4. The van der Waals surface area contributed by atoms with Gasteiger partial charge in [-0.15, -0.1) is 0 Å². The van der Waals surface area contributed by atoms with Crippen LogP contribution in [-0.2, 0) is 90.5 Å². The summed E-state index contributed by atoms with van der Waals surface area (Å²) in [5.41, 5.74) is 2.93. The molecule has 2 saturated carbocycles. The quantitative estimate of drug-likeness (QED) is 0.0600. The molecule has 27 nitrogen and oxygen atoms in total. The number of rotatable bonds is 12. The highest BCUT2D eigenvalue weighted by Gasteiger charge is 2.58. The lowest BCUT2D eigenvalue weighted by Gasteiger charge is -2.47. The summed E-state index contributed by atoms with van der Waals surface area (Å²) in [6.07, 6.45) is 17.4. The van der Waals surface area contributed by atoms with Crippen LogP contribution >= 0.6 is 0 Å². The second-order valence-corrected chi connectivity index (χ2v) is 38.2. The zero-order chi connectivity index (χ0) is 107. The summed E-state index contributed by atoms with van der Waals surface area (Å²) >= 11 is 0. The molecular formula is C113H204N2O25. The number of ketones is 5. The summed E-state index contributed by atoms with van der Waals surface area (Å²) in [5, 5.41) is 67.9. The Balaban J connectivity index is -0.00000230. The first-order valence-electron chi connectivity index (χ1n) is 53.5. The van der Waals surface area contributed by atoms with Gasteiger partial charge in [-0.2, -0.15) is 0 Å². The average Bonchev–Trinajstić information content (AvgIpc) is 0.778. The number of esters is 2. The Bertz CT molecular complexity index is 3690. The van der Waals surface area contributed by atoms with E-state index in [4.69, 9.17) is 47.4 Å².